The highest BCUT2D eigenvalue weighted by Crippen LogP contribution is 2.26. The average Bonchev–Trinajstić information content (AvgIpc) is 3.14. The van der Waals surface area contributed by atoms with Crippen molar-refractivity contribution in [3.8, 4) is 17.3 Å². The number of allylic oxidation sites excluding steroid dienone is 1. The largest absolute Gasteiger partial charge is 0.360 e. The summed E-state index contributed by atoms with van der Waals surface area (Å²) in [5.41, 5.74) is 4.79. The maximum atomic E-state index is 9.51. The highest BCUT2D eigenvalue weighted by atomic mass is 127. The lowest BCUT2D eigenvalue weighted by Gasteiger charge is -2.05. The van der Waals surface area contributed by atoms with Gasteiger partial charge in [-0.05, 0) is 64.8 Å². The first-order chi connectivity index (χ1) is 13.0. The fraction of sp³-hybridized carbons (Fsp3) is 0.182. The van der Waals surface area contributed by atoms with Gasteiger partial charge in [0.25, 0.3) is 0 Å². The van der Waals surface area contributed by atoms with Crippen LogP contribution in [0.25, 0.3) is 16.8 Å². The molecule has 136 valence electrons. The molecule has 1 aromatic heterocycles. The number of nitrogens with one attached hydrogen (secondary N) is 1. The minimum atomic E-state index is 0.529. The highest BCUT2D eigenvalue weighted by Gasteiger charge is 2.09. The molecule has 2 aromatic carbocycles. The minimum Gasteiger partial charge on any atom is -0.360 e. The Morgan fingerprint density at radius 2 is 1.89 bits per heavy atom. The number of benzene rings is 2. The van der Waals surface area contributed by atoms with E-state index in [4.69, 9.17) is 0 Å². The van der Waals surface area contributed by atoms with Gasteiger partial charge in [-0.2, -0.15) is 5.26 Å². The number of hydrogen-bond donors (Lipinski definition) is 1. The van der Waals surface area contributed by atoms with Crippen molar-refractivity contribution < 1.29 is 0 Å². The molecular formula is C22H20IN3S. The van der Waals surface area contributed by atoms with E-state index in [0.717, 1.165) is 28.4 Å². The average molecular weight is 485 g/mol. The number of nitriles is 1. The summed E-state index contributed by atoms with van der Waals surface area (Å²) in [6.45, 7) is 4.45. The second-order valence-electron chi connectivity index (χ2n) is 6.65. The summed E-state index contributed by atoms with van der Waals surface area (Å²) in [4.78, 5) is 4.66. The molecule has 0 aliphatic carbocycles. The smallest absolute Gasteiger partial charge is 0.136 e. The number of halogens is 1. The van der Waals surface area contributed by atoms with E-state index < -0.39 is 0 Å². The third kappa shape index (κ3) is 5.41. The molecule has 1 heterocycles. The van der Waals surface area contributed by atoms with Crippen LogP contribution in [0.5, 0.6) is 0 Å². The van der Waals surface area contributed by atoms with Crippen LogP contribution in [0.3, 0.4) is 0 Å². The number of aromatic nitrogens is 1. The summed E-state index contributed by atoms with van der Waals surface area (Å²) in [5, 5.41) is 15.4. The summed E-state index contributed by atoms with van der Waals surface area (Å²) >= 11 is 3.75. The molecule has 3 rings (SSSR count). The topological polar surface area (TPSA) is 48.7 Å². The van der Waals surface area contributed by atoms with E-state index in [1.54, 1.807) is 6.20 Å². The van der Waals surface area contributed by atoms with Crippen LogP contribution in [0, 0.1) is 20.8 Å². The monoisotopic (exact) mass is 485 g/mol. The molecule has 0 amide bonds. The lowest BCUT2D eigenvalue weighted by atomic mass is 10.0. The molecule has 0 spiro atoms. The summed E-state index contributed by atoms with van der Waals surface area (Å²) in [6, 6.07) is 18.8. The van der Waals surface area contributed by atoms with Gasteiger partial charge >= 0.3 is 0 Å². The number of thiazole rings is 1. The van der Waals surface area contributed by atoms with E-state index >= 15 is 0 Å². The molecule has 0 aliphatic heterocycles. The van der Waals surface area contributed by atoms with Crippen molar-refractivity contribution in [3.05, 3.63) is 74.3 Å². The summed E-state index contributed by atoms with van der Waals surface area (Å²) in [5.74, 6) is 0.644. The Labute approximate surface area is 177 Å². The van der Waals surface area contributed by atoms with Gasteiger partial charge in [0.15, 0.2) is 0 Å². The number of rotatable bonds is 6. The Bertz CT molecular complexity index is 964. The number of hydrogen-bond acceptors (Lipinski definition) is 4. The van der Waals surface area contributed by atoms with Crippen molar-refractivity contribution in [1.82, 2.24) is 4.98 Å². The van der Waals surface area contributed by atoms with Crippen molar-refractivity contribution in [3.63, 3.8) is 0 Å². The Balaban J connectivity index is 1.75. The van der Waals surface area contributed by atoms with Crippen molar-refractivity contribution in [1.29, 1.82) is 5.26 Å². The number of anilines is 1. The lowest BCUT2D eigenvalue weighted by Crippen LogP contribution is -1.93. The van der Waals surface area contributed by atoms with Crippen LogP contribution in [0.15, 0.2) is 60.1 Å². The van der Waals surface area contributed by atoms with Crippen molar-refractivity contribution >= 4 is 45.2 Å². The van der Waals surface area contributed by atoms with Gasteiger partial charge in [0.05, 0.1) is 5.69 Å². The van der Waals surface area contributed by atoms with E-state index in [2.05, 4.69) is 77.1 Å². The summed E-state index contributed by atoms with van der Waals surface area (Å²) < 4.78 is 1.17. The second kappa shape index (κ2) is 9.16. The molecule has 27 heavy (non-hydrogen) atoms. The molecule has 1 N–H and O–H groups in total. The Hall–Kier alpha value is -2.17. The SMILES string of the molecule is CC(C)Cc1ccc(-c2csc(C(C#N)=CNc3ccc(I)cc3)n2)cc1. The third-order valence-electron chi connectivity index (χ3n) is 3.98. The van der Waals surface area contributed by atoms with Crippen molar-refractivity contribution in [2.75, 3.05) is 5.32 Å². The molecule has 0 saturated heterocycles. The van der Waals surface area contributed by atoms with Gasteiger partial charge in [-0.1, -0.05) is 38.1 Å². The number of nitrogens with zero attached hydrogens (tertiary/aromatic N) is 2. The predicted molar refractivity (Wildman–Crippen MR) is 122 cm³/mol. The van der Waals surface area contributed by atoms with E-state index in [1.807, 2.05) is 29.6 Å². The van der Waals surface area contributed by atoms with E-state index in [-0.39, 0.29) is 0 Å². The Morgan fingerprint density at radius 1 is 1.19 bits per heavy atom. The van der Waals surface area contributed by atoms with Crippen LogP contribution in [-0.2, 0) is 6.42 Å². The zero-order chi connectivity index (χ0) is 19.2. The summed E-state index contributed by atoms with van der Waals surface area (Å²) in [6.07, 6.45) is 2.80. The molecule has 3 aromatic rings. The summed E-state index contributed by atoms with van der Waals surface area (Å²) in [7, 11) is 0. The van der Waals surface area contributed by atoms with Crippen LogP contribution in [0.1, 0.15) is 24.4 Å². The van der Waals surface area contributed by atoms with Gasteiger partial charge in [0.2, 0.25) is 0 Å². The minimum absolute atomic E-state index is 0.529. The van der Waals surface area contributed by atoms with E-state index in [0.29, 0.717) is 11.5 Å². The quantitative estimate of drug-likeness (QED) is 0.317. The highest BCUT2D eigenvalue weighted by molar-refractivity contribution is 14.1. The van der Waals surface area contributed by atoms with Gasteiger partial charge in [-0.3, -0.25) is 0 Å². The molecule has 0 atom stereocenters. The van der Waals surface area contributed by atoms with E-state index in [1.165, 1.54) is 20.5 Å². The first-order valence-corrected chi connectivity index (χ1v) is 10.7. The van der Waals surface area contributed by atoms with Crippen molar-refractivity contribution in [2.24, 2.45) is 5.92 Å². The van der Waals surface area contributed by atoms with Gasteiger partial charge < -0.3 is 5.32 Å². The molecule has 0 radical (unpaired) electrons. The van der Waals surface area contributed by atoms with Gasteiger partial charge in [-0.15, -0.1) is 11.3 Å². The zero-order valence-electron chi connectivity index (χ0n) is 15.2. The first kappa shape index (κ1) is 19.6. The first-order valence-electron chi connectivity index (χ1n) is 8.72. The molecule has 0 bridgehead atoms. The third-order valence-corrected chi connectivity index (χ3v) is 5.57. The molecule has 0 saturated carbocycles. The van der Waals surface area contributed by atoms with Crippen LogP contribution < -0.4 is 5.32 Å². The molecule has 0 fully saturated rings. The van der Waals surface area contributed by atoms with E-state index in [9.17, 15) is 5.26 Å². The molecular weight excluding hydrogens is 465 g/mol. The normalized spacial score (nSPS) is 11.4. The van der Waals surface area contributed by atoms with Crippen LogP contribution in [0.4, 0.5) is 5.69 Å². The maximum absolute atomic E-state index is 9.51. The predicted octanol–water partition coefficient (Wildman–Crippen LogP) is 6.59. The Morgan fingerprint density at radius 3 is 2.52 bits per heavy atom. The lowest BCUT2D eigenvalue weighted by molar-refractivity contribution is 0.647. The standard InChI is InChI=1S/C22H20IN3S/c1-15(2)11-16-3-5-17(6-4-16)21-14-27-22(26-21)18(12-24)13-25-20-9-7-19(23)8-10-20/h3-10,13-15,25H,11H2,1-2H3. The molecule has 0 unspecified atom stereocenters. The fourth-order valence-corrected chi connectivity index (χ4v) is 3.81. The molecule has 0 aliphatic rings. The van der Waals surface area contributed by atoms with Crippen molar-refractivity contribution in [2.45, 2.75) is 20.3 Å². The molecule has 5 heteroatoms. The fourth-order valence-electron chi connectivity index (χ4n) is 2.66. The zero-order valence-corrected chi connectivity index (χ0v) is 18.2. The van der Waals surface area contributed by atoms with Crippen LogP contribution >= 0.6 is 33.9 Å². The van der Waals surface area contributed by atoms with Crippen LogP contribution in [-0.4, -0.2) is 4.98 Å². The van der Waals surface area contributed by atoms with Gasteiger partial charge in [-0.25, -0.2) is 4.98 Å². The second-order valence-corrected chi connectivity index (χ2v) is 8.76. The maximum Gasteiger partial charge on any atom is 0.136 e. The Kier molecular flexibility index (Phi) is 6.64. The van der Waals surface area contributed by atoms with Gasteiger partial charge in [0.1, 0.15) is 16.6 Å². The van der Waals surface area contributed by atoms with Crippen LogP contribution in [0.2, 0.25) is 0 Å². The van der Waals surface area contributed by atoms with Gasteiger partial charge in [0, 0.05) is 26.4 Å². The molecule has 3 nitrogen and oxygen atoms in total.